The van der Waals surface area contributed by atoms with Gasteiger partial charge in [0.25, 0.3) is 0 Å². The molecule has 2 fully saturated rings. The smallest absolute Gasteiger partial charge is 0.410 e. The molecule has 3 aliphatic rings. The van der Waals surface area contributed by atoms with Crippen molar-refractivity contribution >= 4 is 18.0 Å². The van der Waals surface area contributed by atoms with Crippen LogP contribution in [0.3, 0.4) is 0 Å². The summed E-state index contributed by atoms with van der Waals surface area (Å²) in [5.74, 6) is -1.54. The summed E-state index contributed by atoms with van der Waals surface area (Å²) in [6.07, 6.45) is -3.20. The molecule has 1 saturated heterocycles. The normalized spacial score (nSPS) is 33.8. The zero-order valence-electron chi connectivity index (χ0n) is 33.9. The van der Waals surface area contributed by atoms with Crippen LogP contribution in [0.5, 0.6) is 0 Å². The highest BCUT2D eigenvalue weighted by atomic mass is 16.7. The van der Waals surface area contributed by atoms with E-state index in [1.54, 1.807) is 47.6 Å². The number of ether oxygens (including phenoxy) is 5. The van der Waals surface area contributed by atoms with Gasteiger partial charge in [0.15, 0.2) is 6.29 Å². The lowest BCUT2D eigenvalue weighted by molar-refractivity contribution is -0.307. The van der Waals surface area contributed by atoms with E-state index >= 15 is 0 Å². The highest BCUT2D eigenvalue weighted by Gasteiger charge is 2.55. The topological polar surface area (TPSA) is 206 Å². The van der Waals surface area contributed by atoms with Gasteiger partial charge in [0.05, 0.1) is 31.3 Å². The first-order valence-corrected chi connectivity index (χ1v) is 19.2. The maximum Gasteiger partial charge on any atom is 0.410 e. The molecule has 0 aromatic carbocycles. The van der Waals surface area contributed by atoms with Crippen LogP contribution in [0.15, 0.2) is 24.5 Å². The molecule has 2 heterocycles. The number of esters is 1. The number of carbonyl (C=O) groups excluding carboxylic acids is 3. The van der Waals surface area contributed by atoms with Gasteiger partial charge in [-0.1, -0.05) is 19.9 Å². The van der Waals surface area contributed by atoms with E-state index in [1.165, 1.54) is 14.0 Å². The van der Waals surface area contributed by atoms with Crippen molar-refractivity contribution in [1.29, 1.82) is 0 Å². The minimum Gasteiger partial charge on any atom is -0.493 e. The van der Waals surface area contributed by atoms with Gasteiger partial charge in [-0.25, -0.2) is 4.79 Å². The van der Waals surface area contributed by atoms with Crippen molar-refractivity contribution in [3.8, 4) is 0 Å². The van der Waals surface area contributed by atoms with Gasteiger partial charge in [0, 0.05) is 25.3 Å². The maximum absolute atomic E-state index is 13.4. The molecule has 1 aliphatic carbocycles. The van der Waals surface area contributed by atoms with E-state index < -0.39 is 89.6 Å². The number of rotatable bonds is 14. The molecule has 54 heavy (non-hydrogen) atoms. The quantitative estimate of drug-likeness (QED) is 0.0855. The monoisotopic (exact) mass is 769 g/mol. The van der Waals surface area contributed by atoms with Crippen LogP contribution in [0, 0.1) is 17.8 Å². The van der Waals surface area contributed by atoms with Gasteiger partial charge in [-0.15, -0.1) is 6.58 Å². The van der Waals surface area contributed by atoms with E-state index in [2.05, 4.69) is 24.1 Å². The third kappa shape index (κ3) is 12.4. The number of aliphatic hydroxyl groups excluding tert-OH is 3. The van der Waals surface area contributed by atoms with Crippen LogP contribution in [0.4, 0.5) is 4.79 Å². The molecule has 3 rings (SSSR count). The number of nitrogens with zero attached hydrogens (tertiary/aromatic N) is 1. The van der Waals surface area contributed by atoms with Gasteiger partial charge < -0.3 is 59.6 Å². The predicted octanol–water partition coefficient (Wildman–Crippen LogP) is 2.53. The summed E-state index contributed by atoms with van der Waals surface area (Å²) in [7, 11) is 1.39. The minimum atomic E-state index is -1.72. The molecule has 12 unspecified atom stereocenters. The minimum absolute atomic E-state index is 0.151. The van der Waals surface area contributed by atoms with Gasteiger partial charge in [-0.3, -0.25) is 9.59 Å². The average Bonchev–Trinajstić information content (AvgIpc) is 3.04. The Bertz CT molecular complexity index is 1310. The number of likely N-dealkylation sites (N-methyl/N-ethyl adjacent to an activating group) is 1. The Balaban J connectivity index is 1.92. The van der Waals surface area contributed by atoms with Crippen molar-refractivity contribution < 1.29 is 58.5 Å². The molecule has 0 aromatic rings. The summed E-state index contributed by atoms with van der Waals surface area (Å²) < 4.78 is 29.6. The Morgan fingerprint density at radius 1 is 1.13 bits per heavy atom. The van der Waals surface area contributed by atoms with Crippen molar-refractivity contribution in [3.05, 3.63) is 24.5 Å². The van der Waals surface area contributed by atoms with Gasteiger partial charge in [-0.2, -0.15) is 0 Å². The third-order valence-electron chi connectivity index (χ3n) is 9.99. The van der Waals surface area contributed by atoms with Crippen molar-refractivity contribution in [2.24, 2.45) is 17.8 Å². The fourth-order valence-electron chi connectivity index (χ4n) is 7.51. The second-order valence-corrected chi connectivity index (χ2v) is 17.3. The Labute approximate surface area is 320 Å². The zero-order valence-corrected chi connectivity index (χ0v) is 33.9. The molecular formula is C39H67N3O12. The molecule has 2 amide bonds. The summed E-state index contributed by atoms with van der Waals surface area (Å²) in [6, 6.07) is -2.15. The van der Waals surface area contributed by atoms with Crippen LogP contribution in [0.2, 0.25) is 0 Å². The molecule has 310 valence electrons. The summed E-state index contributed by atoms with van der Waals surface area (Å²) in [5.41, 5.74) is -3.30. The Morgan fingerprint density at radius 3 is 2.37 bits per heavy atom. The van der Waals surface area contributed by atoms with Crippen LogP contribution in [-0.4, -0.2) is 136 Å². The molecule has 0 radical (unpaired) electrons. The van der Waals surface area contributed by atoms with Crippen molar-refractivity contribution in [1.82, 2.24) is 15.5 Å². The first kappa shape index (κ1) is 45.6. The molecule has 12 atom stereocenters. The summed E-state index contributed by atoms with van der Waals surface area (Å²) in [4.78, 5) is 39.9. The molecule has 0 bridgehead atoms. The second kappa shape index (κ2) is 18.9. The standard InChI is InChI=1S/C39H67N3O12/c1-12-18-40-20-24-15-14-23(13-2)31(51-24)28-22(3)19-25(41-34(47)26(43)16-17-27(44)53-37(4,5)6)32(29(28)45)52-35-30(46)33(39(10,49)21-50-35)42(11)36(48)54-38(7,8)9/h13,15,22-23,25-26,28-33,35,40,43,45-46,49H,2,12,14,16-21H2,1,3-11H3,(H,41,47). The molecule has 2 aliphatic heterocycles. The highest BCUT2D eigenvalue weighted by Crippen LogP contribution is 2.42. The first-order chi connectivity index (χ1) is 25.0. The molecule has 0 aromatic heterocycles. The molecule has 15 nitrogen and oxygen atoms in total. The average molecular weight is 770 g/mol. The van der Waals surface area contributed by atoms with Crippen LogP contribution < -0.4 is 10.6 Å². The molecule has 15 heteroatoms. The first-order valence-electron chi connectivity index (χ1n) is 19.2. The summed E-state index contributed by atoms with van der Waals surface area (Å²) in [6.45, 7) is 20.7. The van der Waals surface area contributed by atoms with E-state index in [0.717, 1.165) is 23.6 Å². The van der Waals surface area contributed by atoms with E-state index in [0.29, 0.717) is 13.0 Å². The SMILES string of the molecule is C=CC1CC=C(CNCCC)OC1C1C(C)CC(NC(=O)C(O)CCC(=O)OC(C)(C)C)C(OC2OCC(C)(O)C(N(C)C(=O)OC(C)(C)C)C2O)C1O. The Morgan fingerprint density at radius 2 is 1.78 bits per heavy atom. The highest BCUT2D eigenvalue weighted by molar-refractivity contribution is 5.81. The fraction of sp³-hybridized carbons (Fsp3) is 0.821. The van der Waals surface area contributed by atoms with Gasteiger partial charge in [0.1, 0.15) is 47.0 Å². The van der Waals surface area contributed by atoms with Crippen LogP contribution >= 0.6 is 0 Å². The second-order valence-electron chi connectivity index (χ2n) is 17.3. The molecular weight excluding hydrogens is 702 g/mol. The Hall–Kier alpha value is -2.79. The largest absolute Gasteiger partial charge is 0.493 e. The van der Waals surface area contributed by atoms with Crippen LogP contribution in [-0.2, 0) is 33.3 Å². The van der Waals surface area contributed by atoms with E-state index in [4.69, 9.17) is 23.7 Å². The van der Waals surface area contributed by atoms with Gasteiger partial charge in [0.2, 0.25) is 5.91 Å². The lowest BCUT2D eigenvalue weighted by atomic mass is 9.68. The number of hydrogen-bond acceptors (Lipinski definition) is 13. The maximum atomic E-state index is 13.4. The number of hydrogen-bond donors (Lipinski definition) is 6. The molecule has 6 N–H and O–H groups in total. The molecule has 0 spiro atoms. The van der Waals surface area contributed by atoms with Crippen molar-refractivity contribution in [2.45, 2.75) is 160 Å². The van der Waals surface area contributed by atoms with E-state index in [1.807, 2.05) is 13.0 Å². The summed E-state index contributed by atoms with van der Waals surface area (Å²) in [5, 5.41) is 52.2. The third-order valence-corrected chi connectivity index (χ3v) is 9.99. The zero-order chi connectivity index (χ0) is 40.8. The van der Waals surface area contributed by atoms with Crippen LogP contribution in [0.25, 0.3) is 0 Å². The van der Waals surface area contributed by atoms with Gasteiger partial charge >= 0.3 is 12.1 Å². The van der Waals surface area contributed by atoms with Crippen molar-refractivity contribution in [3.63, 3.8) is 0 Å². The Kier molecular flexibility index (Phi) is 16.0. The molecule has 1 saturated carbocycles. The number of aliphatic hydroxyl groups is 4. The number of carbonyl (C=O) groups is 3. The van der Waals surface area contributed by atoms with Gasteiger partial charge in [-0.05, 0) is 92.7 Å². The number of nitrogens with one attached hydrogen (secondary N) is 2. The predicted molar refractivity (Wildman–Crippen MR) is 200 cm³/mol. The van der Waals surface area contributed by atoms with Crippen LogP contribution in [0.1, 0.15) is 94.4 Å². The van der Waals surface area contributed by atoms with E-state index in [-0.39, 0.29) is 37.7 Å². The number of amides is 2. The van der Waals surface area contributed by atoms with Crippen molar-refractivity contribution in [2.75, 3.05) is 26.7 Å². The van der Waals surface area contributed by atoms with E-state index in [9.17, 15) is 34.8 Å². The summed E-state index contributed by atoms with van der Waals surface area (Å²) >= 11 is 0. The fourth-order valence-corrected chi connectivity index (χ4v) is 7.51. The lowest BCUT2D eigenvalue weighted by Crippen LogP contribution is -2.69. The lowest BCUT2D eigenvalue weighted by Gasteiger charge is -2.51. The number of allylic oxidation sites excluding steroid dienone is 1.